The van der Waals surface area contributed by atoms with E-state index < -0.39 is 23.7 Å². The Morgan fingerprint density at radius 3 is 2.49 bits per heavy atom. The fraction of sp³-hybridized carbons (Fsp3) is 0.320. The number of primary amides is 1. The van der Waals surface area contributed by atoms with Gasteiger partial charge in [-0.1, -0.05) is 25.1 Å². The molecule has 2 aromatic carbocycles. The third kappa shape index (κ3) is 5.63. The largest absolute Gasteiger partial charge is 0.416 e. The molecule has 35 heavy (non-hydrogen) atoms. The highest BCUT2D eigenvalue weighted by Gasteiger charge is 2.39. The number of aliphatic hydroxyl groups is 1. The molecule has 7 nitrogen and oxygen atoms in total. The lowest BCUT2D eigenvalue weighted by atomic mass is 9.91. The number of anilines is 1. The van der Waals surface area contributed by atoms with Gasteiger partial charge in [0.1, 0.15) is 0 Å². The number of rotatable bonds is 8. The van der Waals surface area contributed by atoms with Crippen molar-refractivity contribution in [2.45, 2.75) is 31.9 Å². The maximum absolute atomic E-state index is 13.4. The van der Waals surface area contributed by atoms with Crippen molar-refractivity contribution in [2.75, 3.05) is 24.6 Å². The second kappa shape index (κ2) is 10.6. The van der Waals surface area contributed by atoms with Crippen LogP contribution in [0.3, 0.4) is 0 Å². The molecular formula is C25H25F3N4O3. The molecule has 2 aromatic rings. The fourth-order valence-electron chi connectivity index (χ4n) is 4.10. The van der Waals surface area contributed by atoms with Crippen molar-refractivity contribution in [1.29, 1.82) is 5.26 Å². The summed E-state index contributed by atoms with van der Waals surface area (Å²) in [5.74, 6) is -0.909. The molecule has 0 spiro atoms. The number of halogens is 3. The predicted octanol–water partition coefficient (Wildman–Crippen LogP) is 4.13. The molecule has 0 aliphatic carbocycles. The van der Waals surface area contributed by atoms with Crippen molar-refractivity contribution in [3.63, 3.8) is 0 Å². The zero-order valence-corrected chi connectivity index (χ0v) is 19.0. The van der Waals surface area contributed by atoms with Crippen LogP contribution in [0.25, 0.3) is 0 Å². The van der Waals surface area contributed by atoms with Gasteiger partial charge in [0.15, 0.2) is 0 Å². The minimum absolute atomic E-state index is 0.0284. The van der Waals surface area contributed by atoms with Gasteiger partial charge < -0.3 is 15.7 Å². The van der Waals surface area contributed by atoms with E-state index in [0.717, 1.165) is 17.0 Å². The molecule has 0 bridgehead atoms. The molecular weight excluding hydrogens is 461 g/mol. The normalized spacial score (nSPS) is 14.7. The first-order valence-corrected chi connectivity index (χ1v) is 11.0. The number of aliphatic hydroxyl groups excluding tert-OH is 1. The van der Waals surface area contributed by atoms with E-state index >= 15 is 0 Å². The highest BCUT2D eigenvalue weighted by molar-refractivity contribution is 6.04. The first kappa shape index (κ1) is 25.8. The lowest BCUT2D eigenvalue weighted by Crippen LogP contribution is -2.38. The molecule has 3 rings (SSSR count). The number of nitrogens with two attached hydrogens (primary N) is 1. The molecule has 10 heteroatoms. The average Bonchev–Trinajstić information content (AvgIpc) is 3.13. The van der Waals surface area contributed by atoms with Crippen LogP contribution in [0.5, 0.6) is 0 Å². The zero-order valence-electron chi connectivity index (χ0n) is 19.0. The van der Waals surface area contributed by atoms with E-state index in [1.165, 1.54) is 17.0 Å². The van der Waals surface area contributed by atoms with Crippen molar-refractivity contribution < 1.29 is 27.9 Å². The summed E-state index contributed by atoms with van der Waals surface area (Å²) in [5, 5.41) is 18.2. The number of unbranched alkanes of at least 4 members (excludes halogenated alkanes) is 1. The van der Waals surface area contributed by atoms with Crippen molar-refractivity contribution in [1.82, 2.24) is 4.90 Å². The number of amides is 3. The number of hydrogen-bond donors (Lipinski definition) is 2. The van der Waals surface area contributed by atoms with Gasteiger partial charge in [-0.15, -0.1) is 0 Å². The number of alkyl halides is 3. The first-order valence-electron chi connectivity index (χ1n) is 11.0. The molecule has 0 fully saturated rings. The van der Waals surface area contributed by atoms with E-state index in [0.29, 0.717) is 30.5 Å². The maximum Gasteiger partial charge on any atom is 0.416 e. The number of nitriles is 1. The van der Waals surface area contributed by atoms with Gasteiger partial charge in [0.2, 0.25) is 0 Å². The topological polar surface area (TPSA) is 111 Å². The Morgan fingerprint density at radius 2 is 1.91 bits per heavy atom. The van der Waals surface area contributed by atoms with Gasteiger partial charge in [-0.25, -0.2) is 4.79 Å². The van der Waals surface area contributed by atoms with E-state index in [4.69, 9.17) is 16.1 Å². The van der Waals surface area contributed by atoms with Crippen molar-refractivity contribution in [3.8, 4) is 6.07 Å². The lowest BCUT2D eigenvalue weighted by Gasteiger charge is -2.25. The van der Waals surface area contributed by atoms with Crippen LogP contribution in [-0.4, -0.2) is 41.6 Å². The van der Waals surface area contributed by atoms with Gasteiger partial charge >= 0.3 is 12.2 Å². The zero-order chi connectivity index (χ0) is 25.8. The Morgan fingerprint density at radius 1 is 1.23 bits per heavy atom. The molecule has 3 amide bonds. The average molecular weight is 486 g/mol. The smallest absolute Gasteiger partial charge is 0.396 e. The number of carbonyl (C=O) groups excluding carboxylic acids is 2. The summed E-state index contributed by atoms with van der Waals surface area (Å²) in [6.45, 7) is 1.96. The molecule has 1 aliphatic heterocycles. The molecule has 1 heterocycles. The van der Waals surface area contributed by atoms with Crippen LogP contribution in [0.1, 0.15) is 42.4 Å². The minimum Gasteiger partial charge on any atom is -0.396 e. The van der Waals surface area contributed by atoms with E-state index in [9.17, 15) is 22.8 Å². The molecule has 0 aromatic heterocycles. The number of carbonyl (C=O) groups is 2. The van der Waals surface area contributed by atoms with Crippen LogP contribution in [-0.2, 0) is 11.0 Å². The van der Waals surface area contributed by atoms with Crippen LogP contribution in [0.2, 0.25) is 0 Å². The van der Waals surface area contributed by atoms with Crippen molar-refractivity contribution in [2.24, 2.45) is 5.73 Å². The van der Waals surface area contributed by atoms with Crippen molar-refractivity contribution in [3.05, 3.63) is 76.5 Å². The fourth-order valence-corrected chi connectivity index (χ4v) is 4.10. The summed E-state index contributed by atoms with van der Waals surface area (Å²) in [6.07, 6.45) is -3.66. The maximum atomic E-state index is 13.4. The van der Waals surface area contributed by atoms with Gasteiger partial charge in [0.25, 0.3) is 5.91 Å². The Kier molecular flexibility index (Phi) is 7.82. The highest BCUT2D eigenvalue weighted by Crippen LogP contribution is 2.38. The summed E-state index contributed by atoms with van der Waals surface area (Å²) >= 11 is 0. The Bertz CT molecular complexity index is 1170. The molecule has 1 unspecified atom stereocenters. The van der Waals surface area contributed by atoms with Crippen LogP contribution in [0, 0.1) is 11.3 Å². The highest BCUT2D eigenvalue weighted by atomic mass is 19.4. The second-order valence-corrected chi connectivity index (χ2v) is 8.20. The minimum atomic E-state index is -4.63. The number of nitrogens with zero attached hydrogens (tertiary/aromatic N) is 3. The molecule has 3 N–H and O–H groups in total. The Labute approximate surface area is 200 Å². The molecule has 1 atom stereocenters. The molecule has 0 saturated heterocycles. The standard InChI is InChI=1S/C25H25F3N4O3/c1-16(18-9-7-17(14-29)8-10-18)22-21(15-31(23(22)34)11-2-3-12-33)32(24(30)35)20-6-4-5-19(13-20)25(26,27)28/h4-10,13,16,33H,2-3,11-12,15H2,1H3,(H2,30,35). The monoisotopic (exact) mass is 486 g/mol. The third-order valence-corrected chi connectivity index (χ3v) is 5.90. The molecule has 1 aliphatic rings. The second-order valence-electron chi connectivity index (χ2n) is 8.20. The first-order chi connectivity index (χ1) is 16.6. The van der Waals surface area contributed by atoms with Crippen LogP contribution >= 0.6 is 0 Å². The van der Waals surface area contributed by atoms with Crippen LogP contribution in [0.4, 0.5) is 23.7 Å². The molecule has 0 radical (unpaired) electrons. The van der Waals surface area contributed by atoms with Gasteiger partial charge in [-0.05, 0) is 48.7 Å². The van der Waals surface area contributed by atoms with Gasteiger partial charge in [-0.2, -0.15) is 18.4 Å². The van der Waals surface area contributed by atoms with Crippen LogP contribution < -0.4 is 10.6 Å². The SMILES string of the molecule is CC(C1=C(N(C(N)=O)c2cccc(C(F)(F)F)c2)CN(CCCCO)C1=O)c1ccc(C#N)cc1. The van der Waals surface area contributed by atoms with E-state index in [1.54, 1.807) is 31.2 Å². The Balaban J connectivity index is 2.11. The van der Waals surface area contributed by atoms with E-state index in [-0.39, 0.29) is 36.0 Å². The quantitative estimate of drug-likeness (QED) is 0.547. The van der Waals surface area contributed by atoms with Crippen molar-refractivity contribution >= 4 is 17.6 Å². The predicted molar refractivity (Wildman–Crippen MR) is 123 cm³/mol. The van der Waals surface area contributed by atoms with Gasteiger partial charge in [0, 0.05) is 24.6 Å². The van der Waals surface area contributed by atoms with Gasteiger partial charge in [-0.3, -0.25) is 9.69 Å². The summed E-state index contributed by atoms with van der Waals surface area (Å²) < 4.78 is 40.0. The van der Waals surface area contributed by atoms with Crippen LogP contribution in [0.15, 0.2) is 59.8 Å². The number of hydrogen-bond acceptors (Lipinski definition) is 4. The van der Waals surface area contributed by atoms with Gasteiger partial charge in [0.05, 0.1) is 35.1 Å². The Hall–Kier alpha value is -3.84. The summed E-state index contributed by atoms with van der Waals surface area (Å²) in [6, 6.07) is 11.8. The molecule has 0 saturated carbocycles. The summed E-state index contributed by atoms with van der Waals surface area (Å²) in [7, 11) is 0. The number of benzene rings is 2. The third-order valence-electron chi connectivity index (χ3n) is 5.90. The lowest BCUT2D eigenvalue weighted by molar-refractivity contribution is -0.137. The number of urea groups is 1. The van der Waals surface area contributed by atoms with E-state index in [1.807, 2.05) is 6.07 Å². The van der Waals surface area contributed by atoms with E-state index in [2.05, 4.69) is 0 Å². The summed E-state index contributed by atoms with van der Waals surface area (Å²) in [5.41, 5.74) is 6.13. The summed E-state index contributed by atoms with van der Waals surface area (Å²) in [4.78, 5) is 28.4. The molecule has 184 valence electrons.